The summed E-state index contributed by atoms with van der Waals surface area (Å²) in [5, 5.41) is 0. The average molecular weight is 221 g/mol. The molecule has 1 amide bonds. The number of amides is 1. The fourth-order valence-electron chi connectivity index (χ4n) is 2.02. The first-order valence-electron chi connectivity index (χ1n) is 6.31. The van der Waals surface area contributed by atoms with Crippen LogP contribution in [0.4, 0.5) is 0 Å². The zero-order valence-electron chi connectivity index (χ0n) is 10.5. The minimum Gasteiger partial charge on any atom is -0.339 e. The van der Waals surface area contributed by atoms with Crippen molar-refractivity contribution in [3.8, 4) is 0 Å². The van der Waals surface area contributed by atoms with Crippen LogP contribution in [0, 0.1) is 5.92 Å². The van der Waals surface area contributed by atoms with Gasteiger partial charge in [-0.3, -0.25) is 4.79 Å². The molecule has 90 valence electrons. The molecule has 2 nitrogen and oxygen atoms in total. The molecule has 0 aromatic heterocycles. The van der Waals surface area contributed by atoms with Crippen molar-refractivity contribution in [2.75, 3.05) is 13.1 Å². The second kappa shape index (κ2) is 7.26. The summed E-state index contributed by atoms with van der Waals surface area (Å²) in [6.07, 6.45) is 13.6. The van der Waals surface area contributed by atoms with Gasteiger partial charge in [-0.1, -0.05) is 31.2 Å². The fraction of sp³-hybridized carbons (Fsp3) is 0.643. The third-order valence-corrected chi connectivity index (χ3v) is 2.98. The van der Waals surface area contributed by atoms with Crippen molar-refractivity contribution in [1.82, 2.24) is 4.90 Å². The lowest BCUT2D eigenvalue weighted by Gasteiger charge is -2.19. The van der Waals surface area contributed by atoms with E-state index in [2.05, 4.69) is 31.2 Å². The molecular formula is C14H23NO. The topological polar surface area (TPSA) is 20.3 Å². The van der Waals surface area contributed by atoms with Crippen LogP contribution in [-0.2, 0) is 4.79 Å². The monoisotopic (exact) mass is 221 g/mol. The van der Waals surface area contributed by atoms with E-state index in [1.807, 2.05) is 4.90 Å². The zero-order valence-corrected chi connectivity index (χ0v) is 10.5. The van der Waals surface area contributed by atoms with Gasteiger partial charge in [0.15, 0.2) is 0 Å². The summed E-state index contributed by atoms with van der Waals surface area (Å²) >= 11 is 0. The molecule has 0 saturated carbocycles. The van der Waals surface area contributed by atoms with E-state index in [4.69, 9.17) is 0 Å². The second-order valence-electron chi connectivity index (χ2n) is 4.44. The molecule has 0 heterocycles. The Morgan fingerprint density at radius 1 is 1.50 bits per heavy atom. The predicted octanol–water partition coefficient (Wildman–Crippen LogP) is 3.16. The van der Waals surface area contributed by atoms with E-state index in [9.17, 15) is 4.79 Å². The highest BCUT2D eigenvalue weighted by molar-refractivity contribution is 5.73. The first kappa shape index (κ1) is 13.0. The minimum atomic E-state index is 0.176. The molecule has 0 aromatic rings. The van der Waals surface area contributed by atoms with Crippen molar-refractivity contribution in [1.29, 1.82) is 0 Å². The standard InChI is InChI=1S/C14H23NO/c1-3-11-15(13(2)16)12-7-10-14-8-5-4-6-9-14/h4-5,7,10,14H,3,6,8-9,11-12H2,1-2H3/b10-7+. The molecule has 0 bridgehead atoms. The van der Waals surface area contributed by atoms with Gasteiger partial charge in [-0.15, -0.1) is 0 Å². The van der Waals surface area contributed by atoms with E-state index in [0.717, 1.165) is 25.9 Å². The summed E-state index contributed by atoms with van der Waals surface area (Å²) in [5.74, 6) is 0.857. The lowest BCUT2D eigenvalue weighted by Crippen LogP contribution is -2.29. The molecule has 1 atom stereocenters. The van der Waals surface area contributed by atoms with Crippen LogP contribution in [0.25, 0.3) is 0 Å². The Kier molecular flexibility index (Phi) is 5.91. The van der Waals surface area contributed by atoms with Crippen molar-refractivity contribution in [2.45, 2.75) is 39.5 Å². The van der Waals surface area contributed by atoms with Crippen LogP contribution in [0.3, 0.4) is 0 Å². The van der Waals surface area contributed by atoms with Gasteiger partial charge in [0.25, 0.3) is 0 Å². The van der Waals surface area contributed by atoms with E-state index < -0.39 is 0 Å². The molecule has 0 fully saturated rings. The van der Waals surface area contributed by atoms with Gasteiger partial charge >= 0.3 is 0 Å². The van der Waals surface area contributed by atoms with Crippen LogP contribution >= 0.6 is 0 Å². The van der Waals surface area contributed by atoms with Crippen molar-refractivity contribution >= 4 is 5.91 Å². The summed E-state index contributed by atoms with van der Waals surface area (Å²) in [5.41, 5.74) is 0. The maximum atomic E-state index is 11.3. The Balaban J connectivity index is 2.32. The summed E-state index contributed by atoms with van der Waals surface area (Å²) in [7, 11) is 0. The molecule has 0 radical (unpaired) electrons. The van der Waals surface area contributed by atoms with Gasteiger partial charge in [0.2, 0.25) is 5.91 Å². The maximum Gasteiger partial charge on any atom is 0.219 e. The first-order chi connectivity index (χ1) is 7.74. The van der Waals surface area contributed by atoms with Crippen LogP contribution in [0.5, 0.6) is 0 Å². The molecule has 0 aromatic carbocycles. The minimum absolute atomic E-state index is 0.176. The van der Waals surface area contributed by atoms with E-state index in [1.54, 1.807) is 6.92 Å². The molecule has 1 aliphatic carbocycles. The van der Waals surface area contributed by atoms with Crippen LogP contribution < -0.4 is 0 Å². The smallest absolute Gasteiger partial charge is 0.219 e. The third kappa shape index (κ3) is 4.65. The van der Waals surface area contributed by atoms with Crippen molar-refractivity contribution < 1.29 is 4.79 Å². The SMILES string of the molecule is CCCN(C/C=C/C1CC=CCC1)C(C)=O. The largest absolute Gasteiger partial charge is 0.339 e. The Morgan fingerprint density at radius 3 is 2.88 bits per heavy atom. The molecule has 0 spiro atoms. The van der Waals surface area contributed by atoms with E-state index in [1.165, 1.54) is 12.8 Å². The molecule has 0 N–H and O–H groups in total. The third-order valence-electron chi connectivity index (χ3n) is 2.98. The van der Waals surface area contributed by atoms with Crippen LogP contribution in [-0.4, -0.2) is 23.9 Å². The van der Waals surface area contributed by atoms with Gasteiger partial charge in [-0.2, -0.15) is 0 Å². The van der Waals surface area contributed by atoms with Crippen LogP contribution in [0.1, 0.15) is 39.5 Å². The maximum absolute atomic E-state index is 11.3. The predicted molar refractivity (Wildman–Crippen MR) is 68.2 cm³/mol. The average Bonchev–Trinajstić information content (AvgIpc) is 2.29. The molecule has 0 saturated heterocycles. The number of hydrogen-bond donors (Lipinski definition) is 0. The van der Waals surface area contributed by atoms with E-state index in [-0.39, 0.29) is 5.91 Å². The Morgan fingerprint density at radius 2 is 2.31 bits per heavy atom. The highest BCUT2D eigenvalue weighted by Gasteiger charge is 2.07. The number of hydrogen-bond acceptors (Lipinski definition) is 1. The van der Waals surface area contributed by atoms with Crippen molar-refractivity contribution in [2.24, 2.45) is 5.92 Å². The van der Waals surface area contributed by atoms with Crippen molar-refractivity contribution in [3.63, 3.8) is 0 Å². The van der Waals surface area contributed by atoms with Gasteiger partial charge in [-0.05, 0) is 31.6 Å². The lowest BCUT2D eigenvalue weighted by molar-refractivity contribution is -0.128. The van der Waals surface area contributed by atoms with Gasteiger partial charge in [0.1, 0.15) is 0 Å². The molecule has 2 heteroatoms. The van der Waals surface area contributed by atoms with Gasteiger partial charge in [0.05, 0.1) is 0 Å². The van der Waals surface area contributed by atoms with Gasteiger partial charge < -0.3 is 4.90 Å². The van der Waals surface area contributed by atoms with Gasteiger partial charge in [0, 0.05) is 20.0 Å². The Hall–Kier alpha value is -1.05. The molecule has 1 rings (SSSR count). The molecule has 16 heavy (non-hydrogen) atoms. The van der Waals surface area contributed by atoms with E-state index in [0.29, 0.717) is 5.92 Å². The number of rotatable bonds is 5. The molecule has 1 unspecified atom stereocenters. The first-order valence-corrected chi connectivity index (χ1v) is 6.31. The second-order valence-corrected chi connectivity index (χ2v) is 4.44. The fourth-order valence-corrected chi connectivity index (χ4v) is 2.02. The molecule has 1 aliphatic rings. The summed E-state index contributed by atoms with van der Waals surface area (Å²) < 4.78 is 0. The lowest BCUT2D eigenvalue weighted by atomic mass is 9.94. The number of allylic oxidation sites excluding steroid dienone is 3. The molecule has 0 aliphatic heterocycles. The number of nitrogens with zero attached hydrogens (tertiary/aromatic N) is 1. The van der Waals surface area contributed by atoms with Crippen molar-refractivity contribution in [3.05, 3.63) is 24.3 Å². The molecular weight excluding hydrogens is 198 g/mol. The Labute approximate surface area is 99.0 Å². The number of carbonyl (C=O) groups excluding carboxylic acids is 1. The highest BCUT2D eigenvalue weighted by Crippen LogP contribution is 2.18. The number of carbonyl (C=O) groups is 1. The summed E-state index contributed by atoms with van der Waals surface area (Å²) in [6.45, 7) is 5.38. The summed E-state index contributed by atoms with van der Waals surface area (Å²) in [6, 6.07) is 0. The quantitative estimate of drug-likeness (QED) is 0.653. The zero-order chi connectivity index (χ0) is 11.8. The Bertz CT molecular complexity index is 268. The van der Waals surface area contributed by atoms with Crippen LogP contribution in [0.2, 0.25) is 0 Å². The van der Waals surface area contributed by atoms with Crippen LogP contribution in [0.15, 0.2) is 24.3 Å². The highest BCUT2D eigenvalue weighted by atomic mass is 16.2. The summed E-state index contributed by atoms with van der Waals surface area (Å²) in [4.78, 5) is 13.2. The normalized spacial score (nSPS) is 20.2. The van der Waals surface area contributed by atoms with E-state index >= 15 is 0 Å². The van der Waals surface area contributed by atoms with Gasteiger partial charge in [-0.25, -0.2) is 0 Å².